The second kappa shape index (κ2) is 6.78. The van der Waals surface area contributed by atoms with Gasteiger partial charge in [-0.05, 0) is 32.4 Å². The SMILES string of the molecule is C[C@@H]1OC(=O)C2=C[C@@H](OCc3ccccc3)[C@@H]([C@H]3COC(C)(C)O3)O[C@@H]21. The molecule has 140 valence electrons. The second-order valence-electron chi connectivity index (χ2n) is 7.38. The zero-order valence-electron chi connectivity index (χ0n) is 15.2. The van der Waals surface area contributed by atoms with Gasteiger partial charge in [0.15, 0.2) is 5.79 Å². The van der Waals surface area contributed by atoms with Gasteiger partial charge in [0.1, 0.15) is 30.5 Å². The Morgan fingerprint density at radius 1 is 1.23 bits per heavy atom. The molecule has 0 N–H and O–H groups in total. The van der Waals surface area contributed by atoms with Gasteiger partial charge in [0, 0.05) is 0 Å². The van der Waals surface area contributed by atoms with Gasteiger partial charge >= 0.3 is 5.97 Å². The van der Waals surface area contributed by atoms with Gasteiger partial charge in [0.2, 0.25) is 0 Å². The van der Waals surface area contributed by atoms with E-state index in [1.54, 1.807) is 0 Å². The first-order valence-corrected chi connectivity index (χ1v) is 8.98. The van der Waals surface area contributed by atoms with Crippen LogP contribution in [0.15, 0.2) is 42.0 Å². The lowest BCUT2D eigenvalue weighted by Crippen LogP contribution is -2.49. The molecule has 0 saturated carbocycles. The van der Waals surface area contributed by atoms with Gasteiger partial charge in [-0.2, -0.15) is 0 Å². The van der Waals surface area contributed by atoms with E-state index in [1.165, 1.54) is 0 Å². The van der Waals surface area contributed by atoms with Crippen molar-refractivity contribution in [2.24, 2.45) is 0 Å². The molecule has 1 aromatic rings. The van der Waals surface area contributed by atoms with Gasteiger partial charge < -0.3 is 23.7 Å². The summed E-state index contributed by atoms with van der Waals surface area (Å²) in [7, 11) is 0. The Morgan fingerprint density at radius 2 is 2.00 bits per heavy atom. The van der Waals surface area contributed by atoms with Crippen LogP contribution in [0.4, 0.5) is 0 Å². The Kier molecular flexibility index (Phi) is 4.61. The molecule has 0 radical (unpaired) electrons. The standard InChI is InChI=1S/C20H24O6/c1-12-17-14(19(21)24-12)9-15(22-10-13-7-5-4-6-8-13)18(25-17)16-11-23-20(2,3)26-16/h4-9,12,15-18H,10-11H2,1-3H3/t12-,15+,16+,17+,18-/m0/s1. The third-order valence-electron chi connectivity index (χ3n) is 4.91. The average Bonchev–Trinajstić information content (AvgIpc) is 3.12. The van der Waals surface area contributed by atoms with Crippen LogP contribution in [0.5, 0.6) is 0 Å². The van der Waals surface area contributed by atoms with Crippen molar-refractivity contribution >= 4 is 5.97 Å². The van der Waals surface area contributed by atoms with Crippen LogP contribution < -0.4 is 0 Å². The molecule has 5 atom stereocenters. The van der Waals surface area contributed by atoms with E-state index in [1.807, 2.05) is 57.2 Å². The molecular weight excluding hydrogens is 336 g/mol. The minimum absolute atomic E-state index is 0.272. The molecule has 3 aliphatic heterocycles. The zero-order chi connectivity index (χ0) is 18.3. The van der Waals surface area contributed by atoms with Gasteiger partial charge in [0.05, 0.1) is 18.8 Å². The zero-order valence-corrected chi connectivity index (χ0v) is 15.2. The van der Waals surface area contributed by atoms with E-state index < -0.39 is 18.0 Å². The second-order valence-corrected chi connectivity index (χ2v) is 7.38. The van der Waals surface area contributed by atoms with E-state index in [9.17, 15) is 4.79 Å². The first-order valence-electron chi connectivity index (χ1n) is 8.98. The quantitative estimate of drug-likeness (QED) is 0.768. The fourth-order valence-electron chi connectivity index (χ4n) is 3.62. The van der Waals surface area contributed by atoms with Crippen molar-refractivity contribution < 1.29 is 28.5 Å². The van der Waals surface area contributed by atoms with E-state index in [4.69, 9.17) is 23.7 Å². The van der Waals surface area contributed by atoms with Gasteiger partial charge in [-0.15, -0.1) is 0 Å². The Balaban J connectivity index is 1.56. The van der Waals surface area contributed by atoms with Gasteiger partial charge in [-0.1, -0.05) is 30.3 Å². The van der Waals surface area contributed by atoms with Crippen LogP contribution in [-0.4, -0.2) is 48.9 Å². The average molecular weight is 360 g/mol. The number of rotatable bonds is 4. The normalized spacial score (nSPS) is 35.7. The lowest BCUT2D eigenvalue weighted by Gasteiger charge is -2.35. The molecule has 2 saturated heterocycles. The van der Waals surface area contributed by atoms with Crippen LogP contribution in [0.25, 0.3) is 0 Å². The largest absolute Gasteiger partial charge is 0.456 e. The van der Waals surface area contributed by atoms with Gasteiger partial charge in [0.25, 0.3) is 0 Å². The summed E-state index contributed by atoms with van der Waals surface area (Å²) in [4.78, 5) is 12.1. The first kappa shape index (κ1) is 17.7. The van der Waals surface area contributed by atoms with Crippen LogP contribution in [-0.2, 0) is 35.1 Å². The summed E-state index contributed by atoms with van der Waals surface area (Å²) in [5.74, 6) is -0.992. The number of fused-ring (bicyclic) bond motifs is 1. The Morgan fingerprint density at radius 3 is 2.69 bits per heavy atom. The van der Waals surface area contributed by atoms with E-state index in [-0.39, 0.29) is 24.3 Å². The number of carbonyl (C=O) groups is 1. The summed E-state index contributed by atoms with van der Waals surface area (Å²) in [6, 6.07) is 9.89. The third kappa shape index (κ3) is 3.42. The molecular formula is C20H24O6. The summed E-state index contributed by atoms with van der Waals surface area (Å²) >= 11 is 0. The molecule has 2 fully saturated rings. The predicted octanol–water partition coefficient (Wildman–Crippen LogP) is 2.36. The van der Waals surface area contributed by atoms with Crippen molar-refractivity contribution in [3.63, 3.8) is 0 Å². The Bertz CT molecular complexity index is 698. The fourth-order valence-corrected chi connectivity index (χ4v) is 3.62. The topological polar surface area (TPSA) is 63.2 Å². The van der Waals surface area contributed by atoms with Crippen molar-refractivity contribution in [3.8, 4) is 0 Å². The highest BCUT2D eigenvalue weighted by Crippen LogP contribution is 2.36. The molecule has 0 aromatic heterocycles. The smallest absolute Gasteiger partial charge is 0.336 e. The number of carbonyl (C=O) groups excluding carboxylic acids is 1. The molecule has 26 heavy (non-hydrogen) atoms. The van der Waals surface area contributed by atoms with Crippen molar-refractivity contribution in [1.29, 1.82) is 0 Å². The maximum Gasteiger partial charge on any atom is 0.336 e. The highest BCUT2D eigenvalue weighted by Gasteiger charge is 2.49. The van der Waals surface area contributed by atoms with Crippen molar-refractivity contribution in [3.05, 3.63) is 47.5 Å². The van der Waals surface area contributed by atoms with E-state index >= 15 is 0 Å². The molecule has 3 heterocycles. The summed E-state index contributed by atoms with van der Waals surface area (Å²) in [6.07, 6.45) is 0.0694. The van der Waals surface area contributed by atoms with Crippen LogP contribution in [0.2, 0.25) is 0 Å². The van der Waals surface area contributed by atoms with Crippen LogP contribution in [0, 0.1) is 0 Å². The summed E-state index contributed by atoms with van der Waals surface area (Å²) in [5.41, 5.74) is 1.59. The summed E-state index contributed by atoms with van der Waals surface area (Å²) in [5, 5.41) is 0. The Hall–Kier alpha value is -1.73. The van der Waals surface area contributed by atoms with Crippen molar-refractivity contribution in [2.45, 2.75) is 63.7 Å². The van der Waals surface area contributed by atoms with E-state index in [0.29, 0.717) is 18.8 Å². The fraction of sp³-hybridized carbons (Fsp3) is 0.550. The maximum atomic E-state index is 12.1. The lowest BCUT2D eigenvalue weighted by molar-refractivity contribution is -0.185. The van der Waals surface area contributed by atoms with Crippen LogP contribution in [0.1, 0.15) is 26.3 Å². The molecule has 0 bridgehead atoms. The van der Waals surface area contributed by atoms with E-state index in [2.05, 4.69) is 0 Å². The molecule has 0 amide bonds. The lowest BCUT2D eigenvalue weighted by atomic mass is 9.97. The molecule has 6 heteroatoms. The molecule has 3 aliphatic rings. The molecule has 4 rings (SSSR count). The number of hydrogen-bond donors (Lipinski definition) is 0. The predicted molar refractivity (Wildman–Crippen MR) is 92.2 cm³/mol. The van der Waals surface area contributed by atoms with Crippen molar-refractivity contribution in [2.75, 3.05) is 6.61 Å². The molecule has 1 aromatic carbocycles. The first-order chi connectivity index (χ1) is 12.4. The summed E-state index contributed by atoms with van der Waals surface area (Å²) in [6.45, 7) is 6.43. The molecule has 0 aliphatic carbocycles. The monoisotopic (exact) mass is 360 g/mol. The highest BCUT2D eigenvalue weighted by atomic mass is 16.8. The Labute approximate surface area is 153 Å². The molecule has 0 spiro atoms. The third-order valence-corrected chi connectivity index (χ3v) is 4.91. The summed E-state index contributed by atoms with van der Waals surface area (Å²) < 4.78 is 29.3. The molecule has 6 nitrogen and oxygen atoms in total. The van der Waals surface area contributed by atoms with Gasteiger partial charge in [-0.3, -0.25) is 0 Å². The number of esters is 1. The minimum atomic E-state index is -0.657. The number of ether oxygens (including phenoxy) is 5. The molecule has 0 unspecified atom stereocenters. The van der Waals surface area contributed by atoms with Crippen molar-refractivity contribution in [1.82, 2.24) is 0 Å². The number of cyclic esters (lactones) is 1. The number of hydrogen-bond acceptors (Lipinski definition) is 6. The van der Waals surface area contributed by atoms with Crippen LogP contribution >= 0.6 is 0 Å². The van der Waals surface area contributed by atoms with Gasteiger partial charge in [-0.25, -0.2) is 4.79 Å². The minimum Gasteiger partial charge on any atom is -0.456 e. The maximum absolute atomic E-state index is 12.1. The number of benzene rings is 1. The highest BCUT2D eigenvalue weighted by molar-refractivity contribution is 5.92. The van der Waals surface area contributed by atoms with Crippen LogP contribution in [0.3, 0.4) is 0 Å². The van der Waals surface area contributed by atoms with E-state index in [0.717, 1.165) is 5.56 Å².